The Balaban J connectivity index is 2.43. The van der Waals surface area contributed by atoms with E-state index < -0.39 is 12.1 Å². The lowest BCUT2D eigenvalue weighted by molar-refractivity contribution is -0.151. The maximum Gasteiger partial charge on any atom is 0.332 e. The van der Waals surface area contributed by atoms with Gasteiger partial charge in [-0.3, -0.25) is 0 Å². The number of carboxylic acids is 1. The molecule has 0 saturated carbocycles. The van der Waals surface area contributed by atoms with Crippen molar-refractivity contribution < 1.29 is 14.6 Å². The highest BCUT2D eigenvalue weighted by Crippen LogP contribution is 2.07. The largest absolute Gasteiger partial charge is 0.479 e. The van der Waals surface area contributed by atoms with E-state index >= 15 is 0 Å². The van der Waals surface area contributed by atoms with E-state index in [0.29, 0.717) is 13.0 Å². The van der Waals surface area contributed by atoms with Crippen LogP contribution < -0.4 is 0 Å². The van der Waals surface area contributed by atoms with Gasteiger partial charge in [0.2, 0.25) is 0 Å². The minimum Gasteiger partial charge on any atom is -0.479 e. The predicted molar refractivity (Wildman–Crippen MR) is 57.6 cm³/mol. The Bertz CT molecular complexity index is 295. The molecular formula is C12H16O3. The molecule has 1 rings (SSSR count). The van der Waals surface area contributed by atoms with Crippen molar-refractivity contribution in [1.29, 1.82) is 0 Å². The summed E-state index contributed by atoms with van der Waals surface area (Å²) in [6, 6.07) is 9.59. The van der Waals surface area contributed by atoms with Gasteiger partial charge in [0.15, 0.2) is 6.10 Å². The average molecular weight is 208 g/mol. The molecule has 0 bridgehead atoms. The van der Waals surface area contributed by atoms with E-state index in [-0.39, 0.29) is 0 Å². The summed E-state index contributed by atoms with van der Waals surface area (Å²) in [5.74, 6) is -0.882. The van der Waals surface area contributed by atoms with Gasteiger partial charge in [0, 0.05) is 0 Å². The molecule has 1 aromatic rings. The molecule has 0 aliphatic carbocycles. The zero-order chi connectivity index (χ0) is 11.1. The molecule has 0 amide bonds. The van der Waals surface area contributed by atoms with Crippen LogP contribution in [0.15, 0.2) is 30.3 Å². The van der Waals surface area contributed by atoms with Crippen LogP contribution in [0, 0.1) is 0 Å². The zero-order valence-corrected chi connectivity index (χ0v) is 8.85. The molecule has 0 aliphatic rings. The van der Waals surface area contributed by atoms with E-state index in [0.717, 1.165) is 12.0 Å². The van der Waals surface area contributed by atoms with Crippen LogP contribution in [0.2, 0.25) is 0 Å². The number of hydrogen-bond acceptors (Lipinski definition) is 2. The van der Waals surface area contributed by atoms with E-state index in [1.807, 2.05) is 37.3 Å². The molecule has 0 saturated heterocycles. The van der Waals surface area contributed by atoms with Crippen molar-refractivity contribution in [3.63, 3.8) is 0 Å². The third-order valence-corrected chi connectivity index (χ3v) is 2.12. The van der Waals surface area contributed by atoms with Crippen LogP contribution in [-0.4, -0.2) is 17.2 Å². The Morgan fingerprint density at radius 2 is 2.07 bits per heavy atom. The maximum absolute atomic E-state index is 10.8. The fourth-order valence-electron chi connectivity index (χ4n) is 1.31. The number of hydrogen-bond donors (Lipinski definition) is 1. The summed E-state index contributed by atoms with van der Waals surface area (Å²) in [4.78, 5) is 10.8. The molecule has 0 heterocycles. The minimum atomic E-state index is -0.882. The summed E-state index contributed by atoms with van der Waals surface area (Å²) >= 11 is 0. The van der Waals surface area contributed by atoms with Gasteiger partial charge < -0.3 is 9.84 Å². The summed E-state index contributed by atoms with van der Waals surface area (Å²) < 4.78 is 5.33. The molecule has 0 fully saturated rings. The summed E-state index contributed by atoms with van der Waals surface area (Å²) in [5.41, 5.74) is 1.000. The fraction of sp³-hybridized carbons (Fsp3) is 0.417. The molecule has 1 atom stereocenters. The molecule has 0 aliphatic heterocycles. The highest BCUT2D eigenvalue weighted by molar-refractivity contribution is 5.72. The topological polar surface area (TPSA) is 46.5 Å². The summed E-state index contributed by atoms with van der Waals surface area (Å²) in [5, 5.41) is 8.86. The van der Waals surface area contributed by atoms with Crippen LogP contribution in [0.5, 0.6) is 0 Å². The highest BCUT2D eigenvalue weighted by Gasteiger charge is 2.16. The van der Waals surface area contributed by atoms with Gasteiger partial charge in [-0.1, -0.05) is 43.7 Å². The Labute approximate surface area is 89.7 Å². The van der Waals surface area contributed by atoms with Crippen LogP contribution in [-0.2, 0) is 16.1 Å². The van der Waals surface area contributed by atoms with Crippen LogP contribution in [0.3, 0.4) is 0 Å². The van der Waals surface area contributed by atoms with Gasteiger partial charge in [0.1, 0.15) is 0 Å². The molecule has 0 radical (unpaired) electrons. The molecule has 82 valence electrons. The van der Waals surface area contributed by atoms with E-state index in [2.05, 4.69) is 0 Å². The van der Waals surface area contributed by atoms with Crippen molar-refractivity contribution in [2.45, 2.75) is 32.5 Å². The standard InChI is InChI=1S/C12H16O3/c1-2-6-11(12(13)14)15-9-10-7-4-3-5-8-10/h3-5,7-8,11H,2,6,9H2,1H3,(H,13,14). The van der Waals surface area contributed by atoms with Crippen LogP contribution >= 0.6 is 0 Å². The molecule has 3 heteroatoms. The normalized spacial score (nSPS) is 12.3. The van der Waals surface area contributed by atoms with Gasteiger partial charge in [-0.05, 0) is 12.0 Å². The number of benzene rings is 1. The lowest BCUT2D eigenvalue weighted by Crippen LogP contribution is -2.23. The first-order chi connectivity index (χ1) is 7.24. The Morgan fingerprint density at radius 1 is 1.40 bits per heavy atom. The Kier molecular flexibility index (Phi) is 4.84. The molecule has 3 nitrogen and oxygen atoms in total. The first-order valence-electron chi connectivity index (χ1n) is 5.12. The molecule has 0 aromatic heterocycles. The van der Waals surface area contributed by atoms with Crippen molar-refractivity contribution in [3.8, 4) is 0 Å². The Hall–Kier alpha value is -1.35. The Morgan fingerprint density at radius 3 is 2.60 bits per heavy atom. The molecule has 1 N–H and O–H groups in total. The predicted octanol–water partition coefficient (Wildman–Crippen LogP) is 2.46. The van der Waals surface area contributed by atoms with Crippen molar-refractivity contribution in [3.05, 3.63) is 35.9 Å². The molecule has 0 spiro atoms. The second-order valence-electron chi connectivity index (χ2n) is 3.41. The first kappa shape index (κ1) is 11.7. The van der Waals surface area contributed by atoms with E-state index in [1.165, 1.54) is 0 Å². The second kappa shape index (κ2) is 6.19. The lowest BCUT2D eigenvalue weighted by Gasteiger charge is -2.12. The van der Waals surface area contributed by atoms with Gasteiger partial charge in [-0.25, -0.2) is 4.79 Å². The van der Waals surface area contributed by atoms with E-state index in [4.69, 9.17) is 9.84 Å². The van der Waals surface area contributed by atoms with Crippen LogP contribution in [0.4, 0.5) is 0 Å². The fourth-order valence-corrected chi connectivity index (χ4v) is 1.31. The molecule has 1 aromatic carbocycles. The van der Waals surface area contributed by atoms with Crippen molar-refractivity contribution >= 4 is 5.97 Å². The van der Waals surface area contributed by atoms with Crippen LogP contribution in [0.25, 0.3) is 0 Å². The lowest BCUT2D eigenvalue weighted by atomic mass is 10.2. The van der Waals surface area contributed by atoms with Crippen LogP contribution in [0.1, 0.15) is 25.3 Å². The number of aliphatic carboxylic acids is 1. The van der Waals surface area contributed by atoms with E-state index in [1.54, 1.807) is 0 Å². The van der Waals surface area contributed by atoms with Crippen molar-refractivity contribution in [2.24, 2.45) is 0 Å². The summed E-state index contributed by atoms with van der Waals surface area (Å²) in [7, 11) is 0. The third kappa shape index (κ3) is 4.13. The highest BCUT2D eigenvalue weighted by atomic mass is 16.5. The monoisotopic (exact) mass is 208 g/mol. The smallest absolute Gasteiger partial charge is 0.332 e. The summed E-state index contributed by atoms with van der Waals surface area (Å²) in [6.07, 6.45) is 0.684. The molecule has 1 unspecified atom stereocenters. The van der Waals surface area contributed by atoms with Gasteiger partial charge in [-0.15, -0.1) is 0 Å². The average Bonchev–Trinajstić information content (AvgIpc) is 2.25. The number of carbonyl (C=O) groups is 1. The van der Waals surface area contributed by atoms with Gasteiger partial charge in [0.25, 0.3) is 0 Å². The SMILES string of the molecule is CCCC(OCc1ccccc1)C(=O)O. The number of rotatable bonds is 6. The zero-order valence-electron chi connectivity index (χ0n) is 8.85. The maximum atomic E-state index is 10.8. The third-order valence-electron chi connectivity index (χ3n) is 2.12. The summed E-state index contributed by atoms with van der Waals surface area (Å²) in [6.45, 7) is 2.31. The minimum absolute atomic E-state index is 0.359. The van der Waals surface area contributed by atoms with Gasteiger partial charge >= 0.3 is 5.97 Å². The number of carboxylic acid groups (broad SMARTS) is 1. The molecule has 15 heavy (non-hydrogen) atoms. The van der Waals surface area contributed by atoms with Crippen molar-refractivity contribution in [1.82, 2.24) is 0 Å². The van der Waals surface area contributed by atoms with E-state index in [9.17, 15) is 4.79 Å². The van der Waals surface area contributed by atoms with Gasteiger partial charge in [-0.2, -0.15) is 0 Å². The quantitative estimate of drug-likeness (QED) is 0.781. The molecular weight excluding hydrogens is 192 g/mol. The second-order valence-corrected chi connectivity index (χ2v) is 3.41. The number of ether oxygens (including phenoxy) is 1. The first-order valence-corrected chi connectivity index (χ1v) is 5.12. The van der Waals surface area contributed by atoms with Crippen molar-refractivity contribution in [2.75, 3.05) is 0 Å². The van der Waals surface area contributed by atoms with Gasteiger partial charge in [0.05, 0.1) is 6.61 Å².